The van der Waals surface area contributed by atoms with Crippen LogP contribution in [0.4, 0.5) is 0 Å². The number of likely N-dealkylation sites (tertiary alicyclic amines) is 1. The second-order valence-electron chi connectivity index (χ2n) is 8.23. The molecule has 174 valence electrons. The second-order valence-corrected chi connectivity index (χ2v) is 8.23. The average molecular weight is 453 g/mol. The summed E-state index contributed by atoms with van der Waals surface area (Å²) < 4.78 is 7.54. The van der Waals surface area contributed by atoms with E-state index in [1.54, 1.807) is 19.1 Å². The highest BCUT2D eigenvalue weighted by atomic mass is 16.5. The highest BCUT2D eigenvalue weighted by Crippen LogP contribution is 2.14. The SMILES string of the molecule is CCn1c(=O)c(-c2noc(CCC(=O)N3CCCCCC3)n2)nn(-c2ccc(C)cc2)c1=O. The number of aryl methyl sites for hydroxylation is 2. The number of aromatic nitrogens is 5. The van der Waals surface area contributed by atoms with Crippen LogP contribution in [0, 0.1) is 6.92 Å². The van der Waals surface area contributed by atoms with E-state index < -0.39 is 11.2 Å². The Kier molecular flexibility index (Phi) is 6.81. The third kappa shape index (κ3) is 4.94. The minimum atomic E-state index is -0.584. The molecule has 0 aliphatic carbocycles. The van der Waals surface area contributed by atoms with Crippen molar-refractivity contribution < 1.29 is 9.32 Å². The Bertz CT molecular complexity index is 1230. The van der Waals surface area contributed by atoms with E-state index in [-0.39, 0.29) is 42.7 Å². The Balaban J connectivity index is 1.58. The fourth-order valence-electron chi connectivity index (χ4n) is 3.93. The maximum Gasteiger partial charge on any atom is 0.352 e. The summed E-state index contributed by atoms with van der Waals surface area (Å²) in [6.45, 7) is 5.40. The summed E-state index contributed by atoms with van der Waals surface area (Å²) in [6.07, 6.45) is 4.91. The quantitative estimate of drug-likeness (QED) is 0.562. The molecule has 33 heavy (non-hydrogen) atoms. The smallest absolute Gasteiger partial charge is 0.343 e. The molecule has 0 N–H and O–H groups in total. The molecule has 10 heteroatoms. The van der Waals surface area contributed by atoms with Crippen LogP contribution in [0.1, 0.15) is 50.5 Å². The summed E-state index contributed by atoms with van der Waals surface area (Å²) in [5, 5.41) is 8.16. The van der Waals surface area contributed by atoms with Crippen molar-refractivity contribution in [2.45, 2.75) is 58.9 Å². The molecule has 1 aromatic carbocycles. The predicted molar refractivity (Wildman–Crippen MR) is 121 cm³/mol. The van der Waals surface area contributed by atoms with Gasteiger partial charge in [-0.15, -0.1) is 0 Å². The van der Waals surface area contributed by atoms with E-state index in [9.17, 15) is 14.4 Å². The van der Waals surface area contributed by atoms with Crippen molar-refractivity contribution in [3.8, 4) is 17.2 Å². The Labute approximate surface area is 190 Å². The molecule has 0 atom stereocenters. The molecule has 1 aliphatic heterocycles. The van der Waals surface area contributed by atoms with Gasteiger partial charge >= 0.3 is 5.69 Å². The lowest BCUT2D eigenvalue weighted by atomic mass is 10.2. The lowest BCUT2D eigenvalue weighted by Crippen LogP contribution is -2.41. The van der Waals surface area contributed by atoms with Crippen molar-refractivity contribution >= 4 is 5.91 Å². The van der Waals surface area contributed by atoms with Crippen LogP contribution in [0.2, 0.25) is 0 Å². The van der Waals surface area contributed by atoms with Crippen LogP contribution >= 0.6 is 0 Å². The molecule has 1 saturated heterocycles. The molecule has 10 nitrogen and oxygen atoms in total. The molecule has 3 heterocycles. The normalized spacial score (nSPS) is 14.3. The summed E-state index contributed by atoms with van der Waals surface area (Å²) in [4.78, 5) is 44.4. The first-order valence-electron chi connectivity index (χ1n) is 11.4. The van der Waals surface area contributed by atoms with E-state index in [1.807, 2.05) is 24.0 Å². The molecular weight excluding hydrogens is 424 g/mol. The third-order valence-electron chi connectivity index (χ3n) is 5.85. The van der Waals surface area contributed by atoms with E-state index in [0.717, 1.165) is 48.9 Å². The van der Waals surface area contributed by atoms with Gasteiger partial charge in [-0.3, -0.25) is 14.2 Å². The van der Waals surface area contributed by atoms with E-state index in [2.05, 4.69) is 15.2 Å². The Morgan fingerprint density at radius 3 is 2.42 bits per heavy atom. The van der Waals surface area contributed by atoms with Crippen molar-refractivity contribution in [1.29, 1.82) is 0 Å². The monoisotopic (exact) mass is 452 g/mol. The number of carbonyl (C=O) groups is 1. The first kappa shape index (κ1) is 22.6. The highest BCUT2D eigenvalue weighted by Gasteiger charge is 2.21. The Morgan fingerprint density at radius 2 is 1.76 bits per heavy atom. The predicted octanol–water partition coefficient (Wildman–Crippen LogP) is 2.11. The van der Waals surface area contributed by atoms with Gasteiger partial charge in [-0.1, -0.05) is 35.7 Å². The van der Waals surface area contributed by atoms with Gasteiger partial charge in [0.2, 0.25) is 17.6 Å². The fourth-order valence-corrected chi connectivity index (χ4v) is 3.93. The molecule has 1 amide bonds. The summed E-state index contributed by atoms with van der Waals surface area (Å²) >= 11 is 0. The highest BCUT2D eigenvalue weighted by molar-refractivity contribution is 5.76. The van der Waals surface area contributed by atoms with Gasteiger partial charge in [-0.05, 0) is 38.8 Å². The number of amides is 1. The van der Waals surface area contributed by atoms with Crippen LogP contribution in [0.5, 0.6) is 0 Å². The first-order chi connectivity index (χ1) is 16.0. The largest absolute Gasteiger partial charge is 0.352 e. The van der Waals surface area contributed by atoms with Crippen LogP contribution in [-0.4, -0.2) is 48.4 Å². The van der Waals surface area contributed by atoms with Crippen molar-refractivity contribution in [2.24, 2.45) is 0 Å². The summed E-state index contributed by atoms with van der Waals surface area (Å²) in [7, 11) is 0. The number of rotatable bonds is 6. The molecule has 0 spiro atoms. The van der Waals surface area contributed by atoms with E-state index >= 15 is 0 Å². The van der Waals surface area contributed by atoms with Crippen LogP contribution in [0.3, 0.4) is 0 Å². The van der Waals surface area contributed by atoms with Crippen LogP contribution < -0.4 is 11.2 Å². The molecule has 0 bridgehead atoms. The van der Waals surface area contributed by atoms with Crippen LogP contribution in [0.25, 0.3) is 17.2 Å². The minimum Gasteiger partial charge on any atom is -0.343 e. The average Bonchev–Trinajstić information content (AvgIpc) is 3.11. The minimum absolute atomic E-state index is 0.000262. The first-order valence-corrected chi connectivity index (χ1v) is 11.4. The zero-order valence-electron chi connectivity index (χ0n) is 19.0. The van der Waals surface area contributed by atoms with Crippen LogP contribution in [0.15, 0.2) is 38.4 Å². The van der Waals surface area contributed by atoms with Crippen molar-refractivity contribution in [1.82, 2.24) is 29.4 Å². The number of benzene rings is 1. The zero-order chi connectivity index (χ0) is 23.4. The van der Waals surface area contributed by atoms with Crippen molar-refractivity contribution in [3.05, 3.63) is 56.6 Å². The maximum atomic E-state index is 12.9. The van der Waals surface area contributed by atoms with Gasteiger partial charge in [0.25, 0.3) is 5.56 Å². The summed E-state index contributed by atoms with van der Waals surface area (Å²) in [5.74, 6) is 0.321. The van der Waals surface area contributed by atoms with Gasteiger partial charge in [0.05, 0.1) is 5.69 Å². The molecule has 0 unspecified atom stereocenters. The fraction of sp³-hybridized carbons (Fsp3) is 0.478. The lowest BCUT2D eigenvalue weighted by Gasteiger charge is -2.19. The summed E-state index contributed by atoms with van der Waals surface area (Å²) in [6, 6.07) is 7.23. The van der Waals surface area contributed by atoms with E-state index in [1.165, 1.54) is 4.68 Å². The third-order valence-corrected chi connectivity index (χ3v) is 5.85. The zero-order valence-corrected chi connectivity index (χ0v) is 19.0. The van der Waals surface area contributed by atoms with Gasteiger partial charge in [-0.2, -0.15) is 14.8 Å². The van der Waals surface area contributed by atoms with E-state index in [0.29, 0.717) is 5.69 Å². The molecule has 3 aromatic rings. The Hall–Kier alpha value is -3.56. The van der Waals surface area contributed by atoms with E-state index in [4.69, 9.17) is 4.52 Å². The topological polar surface area (TPSA) is 116 Å². The van der Waals surface area contributed by atoms with Gasteiger partial charge in [0, 0.05) is 32.5 Å². The molecular formula is C23H28N6O4. The van der Waals surface area contributed by atoms with Crippen molar-refractivity contribution in [2.75, 3.05) is 13.1 Å². The number of carbonyl (C=O) groups excluding carboxylic acids is 1. The molecule has 1 fully saturated rings. The molecule has 0 saturated carbocycles. The molecule has 4 rings (SSSR count). The molecule has 0 radical (unpaired) electrons. The van der Waals surface area contributed by atoms with Crippen LogP contribution in [-0.2, 0) is 17.8 Å². The second kappa shape index (κ2) is 9.93. The Morgan fingerprint density at radius 1 is 1.06 bits per heavy atom. The number of hydrogen-bond acceptors (Lipinski definition) is 7. The number of nitrogens with zero attached hydrogens (tertiary/aromatic N) is 6. The van der Waals surface area contributed by atoms with Gasteiger partial charge in [0.15, 0.2) is 5.69 Å². The standard InChI is InChI=1S/C23H28N6O4/c1-3-28-22(31)20(25-29(23(28)32)17-10-8-16(2)9-11-17)21-24-18(33-26-21)12-13-19(30)27-14-6-4-5-7-15-27/h8-11H,3-7,12-15H2,1-2H3. The molecule has 2 aromatic heterocycles. The van der Waals surface area contributed by atoms with Gasteiger partial charge in [-0.25, -0.2) is 4.79 Å². The summed E-state index contributed by atoms with van der Waals surface area (Å²) in [5.41, 5.74) is 0.362. The van der Waals surface area contributed by atoms with Crippen molar-refractivity contribution in [3.63, 3.8) is 0 Å². The molecule has 1 aliphatic rings. The lowest BCUT2D eigenvalue weighted by molar-refractivity contribution is -0.131. The maximum absolute atomic E-state index is 12.9. The van der Waals surface area contributed by atoms with Gasteiger partial charge < -0.3 is 9.42 Å². The van der Waals surface area contributed by atoms with Gasteiger partial charge in [0.1, 0.15) is 0 Å². The number of hydrogen-bond donors (Lipinski definition) is 0.